The van der Waals surface area contributed by atoms with Crippen molar-refractivity contribution in [3.8, 4) is 0 Å². The number of anilines is 1. The summed E-state index contributed by atoms with van der Waals surface area (Å²) in [5.41, 5.74) is 0.890. The van der Waals surface area contributed by atoms with Crippen molar-refractivity contribution >= 4 is 38.9 Å². The highest BCUT2D eigenvalue weighted by Crippen LogP contribution is 2.11. The quantitative estimate of drug-likeness (QED) is 0.799. The molecule has 4 heteroatoms. The predicted octanol–water partition coefficient (Wildman–Crippen LogP) is 2.47. The molecule has 60 valence electrons. The van der Waals surface area contributed by atoms with Crippen LogP contribution in [0.2, 0.25) is 0 Å². The van der Waals surface area contributed by atoms with Crippen molar-refractivity contribution in [3.63, 3.8) is 0 Å². The summed E-state index contributed by atoms with van der Waals surface area (Å²) in [6.07, 6.45) is 0.524. The lowest BCUT2D eigenvalue weighted by molar-refractivity contribution is -0.115. The van der Waals surface area contributed by atoms with Gasteiger partial charge in [0.15, 0.2) is 0 Å². The fourth-order valence-corrected chi connectivity index (χ4v) is 1.59. The summed E-state index contributed by atoms with van der Waals surface area (Å²) in [6, 6.07) is 1.89. The van der Waals surface area contributed by atoms with Crippen LogP contribution in [0.25, 0.3) is 0 Å². The Morgan fingerprint density at radius 2 is 2.55 bits per heavy atom. The van der Waals surface area contributed by atoms with Crippen molar-refractivity contribution in [2.24, 2.45) is 0 Å². The number of alkyl halides is 1. The van der Waals surface area contributed by atoms with E-state index in [1.807, 2.05) is 16.8 Å². The minimum absolute atomic E-state index is 0.0558. The Balaban J connectivity index is 2.37. The molecule has 11 heavy (non-hydrogen) atoms. The second kappa shape index (κ2) is 4.51. The number of rotatable bonds is 3. The molecular weight excluding hydrogens is 226 g/mol. The Bertz CT molecular complexity index is 222. The van der Waals surface area contributed by atoms with E-state index >= 15 is 0 Å². The summed E-state index contributed by atoms with van der Waals surface area (Å²) in [5, 5.41) is 7.32. The zero-order valence-electron chi connectivity index (χ0n) is 5.84. The van der Waals surface area contributed by atoms with Gasteiger partial charge in [-0.05, 0) is 11.4 Å². The van der Waals surface area contributed by atoms with Gasteiger partial charge in [-0.1, -0.05) is 15.9 Å². The standard InChI is InChI=1S/C7H8BrNOS/c8-3-1-7(10)9-6-2-4-11-5-6/h2,4-5H,1,3H2,(H,9,10). The number of amides is 1. The topological polar surface area (TPSA) is 29.1 Å². The molecular formula is C7H8BrNOS. The first-order chi connectivity index (χ1) is 5.33. The van der Waals surface area contributed by atoms with Gasteiger partial charge in [0.05, 0.1) is 5.69 Å². The Kier molecular flexibility index (Phi) is 3.59. The smallest absolute Gasteiger partial charge is 0.225 e. The number of hydrogen-bond acceptors (Lipinski definition) is 2. The number of carbonyl (C=O) groups excluding carboxylic acids is 1. The summed E-state index contributed by atoms with van der Waals surface area (Å²) in [6.45, 7) is 0. The zero-order valence-corrected chi connectivity index (χ0v) is 8.24. The maximum absolute atomic E-state index is 11.0. The van der Waals surface area contributed by atoms with E-state index in [0.29, 0.717) is 11.8 Å². The van der Waals surface area contributed by atoms with E-state index in [9.17, 15) is 4.79 Å². The monoisotopic (exact) mass is 233 g/mol. The maximum atomic E-state index is 11.0. The van der Waals surface area contributed by atoms with Gasteiger partial charge in [0.25, 0.3) is 0 Å². The van der Waals surface area contributed by atoms with Crippen LogP contribution in [0.5, 0.6) is 0 Å². The highest BCUT2D eigenvalue weighted by molar-refractivity contribution is 9.09. The lowest BCUT2D eigenvalue weighted by Crippen LogP contribution is -2.10. The molecule has 1 N–H and O–H groups in total. The van der Waals surface area contributed by atoms with Crippen LogP contribution in [-0.2, 0) is 4.79 Å². The second-order valence-corrected chi connectivity index (χ2v) is 3.57. The number of carbonyl (C=O) groups is 1. The predicted molar refractivity (Wildman–Crippen MR) is 51.4 cm³/mol. The van der Waals surface area contributed by atoms with Crippen LogP contribution in [-0.4, -0.2) is 11.2 Å². The Hall–Kier alpha value is -0.350. The van der Waals surface area contributed by atoms with Gasteiger partial charge in [-0.25, -0.2) is 0 Å². The Morgan fingerprint density at radius 1 is 1.73 bits per heavy atom. The zero-order chi connectivity index (χ0) is 8.10. The molecule has 1 heterocycles. The van der Waals surface area contributed by atoms with Crippen LogP contribution in [0.1, 0.15) is 6.42 Å². The highest BCUT2D eigenvalue weighted by atomic mass is 79.9. The first kappa shape index (κ1) is 8.74. The largest absolute Gasteiger partial charge is 0.325 e. The molecule has 1 aromatic rings. The number of nitrogens with one attached hydrogen (secondary N) is 1. The van der Waals surface area contributed by atoms with Gasteiger partial charge in [0, 0.05) is 17.1 Å². The molecule has 1 amide bonds. The number of thiophene rings is 1. The second-order valence-electron chi connectivity index (χ2n) is 2.00. The molecule has 1 rings (SSSR count). The van der Waals surface area contributed by atoms with Gasteiger partial charge in [-0.2, -0.15) is 11.3 Å². The van der Waals surface area contributed by atoms with Gasteiger partial charge >= 0.3 is 0 Å². The van der Waals surface area contributed by atoms with E-state index in [0.717, 1.165) is 5.69 Å². The number of halogens is 1. The summed E-state index contributed by atoms with van der Waals surface area (Å²) in [7, 11) is 0. The van der Waals surface area contributed by atoms with Gasteiger partial charge in [-0.15, -0.1) is 0 Å². The third kappa shape index (κ3) is 3.03. The highest BCUT2D eigenvalue weighted by Gasteiger charge is 1.99. The SMILES string of the molecule is O=C(CCBr)Nc1ccsc1. The van der Waals surface area contributed by atoms with Crippen LogP contribution >= 0.6 is 27.3 Å². The van der Waals surface area contributed by atoms with Crippen molar-refractivity contribution in [2.75, 3.05) is 10.6 Å². The minimum Gasteiger partial charge on any atom is -0.325 e. The van der Waals surface area contributed by atoms with Crippen LogP contribution in [0, 0.1) is 0 Å². The van der Waals surface area contributed by atoms with Gasteiger partial charge in [0.1, 0.15) is 0 Å². The molecule has 0 bridgehead atoms. The van der Waals surface area contributed by atoms with Crippen LogP contribution in [0.15, 0.2) is 16.8 Å². The van der Waals surface area contributed by atoms with E-state index in [-0.39, 0.29) is 5.91 Å². The van der Waals surface area contributed by atoms with Crippen molar-refractivity contribution in [3.05, 3.63) is 16.8 Å². The average Bonchev–Trinajstić information content (AvgIpc) is 2.40. The molecule has 0 unspecified atom stereocenters. The van der Waals surface area contributed by atoms with Gasteiger partial charge in [0.2, 0.25) is 5.91 Å². The van der Waals surface area contributed by atoms with Crippen LogP contribution < -0.4 is 5.32 Å². The van der Waals surface area contributed by atoms with E-state index in [2.05, 4.69) is 21.2 Å². The molecule has 0 spiro atoms. The first-order valence-corrected chi connectivity index (χ1v) is 5.27. The molecule has 0 aromatic carbocycles. The summed E-state index contributed by atoms with van der Waals surface area (Å²) >= 11 is 4.77. The van der Waals surface area contributed by atoms with E-state index in [1.54, 1.807) is 11.3 Å². The minimum atomic E-state index is 0.0558. The van der Waals surface area contributed by atoms with E-state index in [4.69, 9.17) is 0 Å². The van der Waals surface area contributed by atoms with E-state index in [1.165, 1.54) is 0 Å². The first-order valence-electron chi connectivity index (χ1n) is 3.21. The normalized spacial score (nSPS) is 9.55. The van der Waals surface area contributed by atoms with Crippen molar-refractivity contribution in [1.29, 1.82) is 0 Å². The molecule has 0 aliphatic heterocycles. The van der Waals surface area contributed by atoms with Gasteiger partial charge in [-0.3, -0.25) is 4.79 Å². The Labute approximate surface area is 77.7 Å². The Morgan fingerprint density at radius 3 is 3.09 bits per heavy atom. The summed E-state index contributed by atoms with van der Waals surface area (Å²) < 4.78 is 0. The average molecular weight is 234 g/mol. The molecule has 0 aliphatic rings. The number of hydrogen-bond donors (Lipinski definition) is 1. The fraction of sp³-hybridized carbons (Fsp3) is 0.286. The van der Waals surface area contributed by atoms with Crippen molar-refractivity contribution < 1.29 is 4.79 Å². The van der Waals surface area contributed by atoms with Crippen LogP contribution in [0.4, 0.5) is 5.69 Å². The fourth-order valence-electron chi connectivity index (χ4n) is 0.645. The van der Waals surface area contributed by atoms with Crippen molar-refractivity contribution in [2.45, 2.75) is 6.42 Å². The summed E-state index contributed by atoms with van der Waals surface area (Å²) in [4.78, 5) is 11.0. The molecule has 0 radical (unpaired) electrons. The molecule has 0 saturated carbocycles. The lowest BCUT2D eigenvalue weighted by atomic mass is 10.4. The molecule has 0 aliphatic carbocycles. The van der Waals surface area contributed by atoms with Crippen LogP contribution in [0.3, 0.4) is 0 Å². The maximum Gasteiger partial charge on any atom is 0.225 e. The molecule has 0 atom stereocenters. The molecule has 0 saturated heterocycles. The lowest BCUT2D eigenvalue weighted by Gasteiger charge is -1.98. The van der Waals surface area contributed by atoms with E-state index < -0.39 is 0 Å². The molecule has 1 aromatic heterocycles. The summed E-state index contributed by atoms with van der Waals surface area (Å²) in [5.74, 6) is 0.0558. The van der Waals surface area contributed by atoms with Crippen molar-refractivity contribution in [1.82, 2.24) is 0 Å². The molecule has 2 nitrogen and oxygen atoms in total. The molecule has 0 fully saturated rings. The third-order valence-corrected chi connectivity index (χ3v) is 2.21. The third-order valence-electron chi connectivity index (χ3n) is 1.13. The van der Waals surface area contributed by atoms with Gasteiger partial charge < -0.3 is 5.32 Å².